The Kier molecular flexibility index (Phi) is 8.61. The van der Waals surface area contributed by atoms with Crippen molar-refractivity contribution in [3.63, 3.8) is 0 Å². The summed E-state index contributed by atoms with van der Waals surface area (Å²) in [6, 6.07) is 10.6. The molecular weight excluding hydrogens is 514 g/mol. The van der Waals surface area contributed by atoms with Crippen molar-refractivity contribution >= 4 is 30.6 Å². The van der Waals surface area contributed by atoms with Gasteiger partial charge in [-0.2, -0.15) is 18.3 Å². The summed E-state index contributed by atoms with van der Waals surface area (Å²) in [6.07, 6.45) is 2.03. The molecule has 1 aliphatic carbocycles. The lowest BCUT2D eigenvalue weighted by Crippen LogP contribution is -2.41. The minimum Gasteiger partial charge on any atom is -0.360 e. The first kappa shape index (κ1) is 28.3. The Morgan fingerprint density at radius 2 is 1.79 bits per heavy atom. The normalized spacial score (nSPS) is 15.2. The van der Waals surface area contributed by atoms with E-state index in [4.69, 9.17) is 4.74 Å². The first-order valence-electron chi connectivity index (χ1n) is 13.1. The van der Waals surface area contributed by atoms with Gasteiger partial charge in [0.15, 0.2) is 0 Å². The highest BCUT2D eigenvalue weighted by molar-refractivity contribution is 6.76. The lowest BCUT2D eigenvalue weighted by atomic mass is 9.84. The molecule has 0 bridgehead atoms. The molecule has 4 rings (SSSR count). The Bertz CT molecular complexity index is 1250. The highest BCUT2D eigenvalue weighted by atomic mass is 28.3. The van der Waals surface area contributed by atoms with E-state index < -0.39 is 38.2 Å². The van der Waals surface area contributed by atoms with Crippen molar-refractivity contribution in [1.82, 2.24) is 9.78 Å². The van der Waals surface area contributed by atoms with Crippen LogP contribution >= 0.6 is 0 Å². The number of ether oxygens (including phenoxy) is 1. The molecular formula is C28H35F4N3O2Si. The Labute approximate surface area is 221 Å². The number of carbonyl (C=O) groups excluding carboxylic acids is 1. The van der Waals surface area contributed by atoms with Gasteiger partial charge in [-0.1, -0.05) is 63.2 Å². The van der Waals surface area contributed by atoms with Gasteiger partial charge >= 0.3 is 12.1 Å². The van der Waals surface area contributed by atoms with Gasteiger partial charge < -0.3 is 4.74 Å². The van der Waals surface area contributed by atoms with Crippen LogP contribution in [0.15, 0.2) is 42.6 Å². The smallest absolute Gasteiger partial charge is 0.360 e. The summed E-state index contributed by atoms with van der Waals surface area (Å²) >= 11 is 0. The molecule has 206 valence electrons. The monoisotopic (exact) mass is 549 g/mol. The van der Waals surface area contributed by atoms with Gasteiger partial charge in [-0.25, -0.2) is 9.07 Å². The highest BCUT2D eigenvalue weighted by Gasteiger charge is 2.44. The number of nitrogens with zero attached hydrogens (tertiary/aromatic N) is 3. The Morgan fingerprint density at radius 1 is 1.11 bits per heavy atom. The standard InChI is InChI=1S/C28H35F4N3O2Si/c1-38(2,3)14-13-37-19-35-25-16-26(24(29)15-23(25)17-33-35)34(27(36)28(30,31)32)18-20-9-11-22(12-10-20)21-7-5-4-6-8-21/h9-12,15-17,21H,4-8,13-14,18-19H2,1-3H3. The van der Waals surface area contributed by atoms with Gasteiger partial charge in [0.25, 0.3) is 0 Å². The molecule has 10 heteroatoms. The number of hydrogen-bond acceptors (Lipinski definition) is 3. The first-order valence-corrected chi connectivity index (χ1v) is 16.8. The number of halogens is 4. The van der Waals surface area contributed by atoms with Gasteiger partial charge in [-0.15, -0.1) is 0 Å². The molecule has 0 unspecified atom stereocenters. The number of benzene rings is 2. The number of fused-ring (bicyclic) bond motifs is 1. The fraction of sp³-hybridized carbons (Fsp3) is 0.500. The average molecular weight is 550 g/mol. The molecule has 0 radical (unpaired) electrons. The number of alkyl halides is 3. The summed E-state index contributed by atoms with van der Waals surface area (Å²) in [5, 5.41) is 4.63. The maximum absolute atomic E-state index is 15.1. The van der Waals surface area contributed by atoms with E-state index in [-0.39, 0.29) is 6.73 Å². The predicted octanol–water partition coefficient (Wildman–Crippen LogP) is 7.63. The Morgan fingerprint density at radius 3 is 2.42 bits per heavy atom. The fourth-order valence-corrected chi connectivity index (χ4v) is 5.62. The molecule has 0 saturated heterocycles. The van der Waals surface area contributed by atoms with E-state index in [1.165, 1.54) is 36.2 Å². The molecule has 0 N–H and O–H groups in total. The van der Waals surface area contributed by atoms with Gasteiger partial charge in [0.2, 0.25) is 0 Å². The third-order valence-electron chi connectivity index (χ3n) is 7.10. The number of carbonyl (C=O) groups is 1. The number of hydrogen-bond donors (Lipinski definition) is 0. The zero-order valence-corrected chi connectivity index (χ0v) is 23.2. The largest absolute Gasteiger partial charge is 0.471 e. The molecule has 38 heavy (non-hydrogen) atoms. The second kappa shape index (κ2) is 11.6. The molecule has 1 saturated carbocycles. The summed E-state index contributed by atoms with van der Waals surface area (Å²) < 4.78 is 63.2. The molecule has 1 fully saturated rings. The molecule has 2 aromatic carbocycles. The minimum absolute atomic E-state index is 0.0783. The van der Waals surface area contributed by atoms with Crippen LogP contribution in [0.4, 0.5) is 23.2 Å². The molecule has 5 nitrogen and oxygen atoms in total. The van der Waals surface area contributed by atoms with E-state index in [2.05, 4.69) is 24.7 Å². The maximum atomic E-state index is 15.1. The third kappa shape index (κ3) is 7.02. The quantitative estimate of drug-likeness (QED) is 0.157. The molecule has 0 aliphatic heterocycles. The summed E-state index contributed by atoms with van der Waals surface area (Å²) in [7, 11) is -1.30. The SMILES string of the molecule is C[Si](C)(C)CCOCn1ncc2cc(F)c(N(Cc3ccc(C4CCCCC4)cc3)C(=O)C(F)(F)F)cc21. The van der Waals surface area contributed by atoms with Crippen molar-refractivity contribution in [1.29, 1.82) is 0 Å². The number of anilines is 1. The van der Waals surface area contributed by atoms with E-state index in [9.17, 15) is 18.0 Å². The molecule has 1 amide bonds. The number of amides is 1. The lowest BCUT2D eigenvalue weighted by Gasteiger charge is -2.25. The summed E-state index contributed by atoms with van der Waals surface area (Å²) in [4.78, 5) is 13.0. The number of aromatic nitrogens is 2. The van der Waals surface area contributed by atoms with Crippen molar-refractivity contribution in [2.75, 3.05) is 11.5 Å². The molecule has 1 aliphatic rings. The van der Waals surface area contributed by atoms with Crippen LogP contribution < -0.4 is 4.90 Å². The second-order valence-electron chi connectivity index (χ2n) is 11.3. The zero-order chi connectivity index (χ0) is 27.5. The fourth-order valence-electron chi connectivity index (χ4n) is 4.86. The van der Waals surface area contributed by atoms with Gasteiger partial charge in [0.1, 0.15) is 12.5 Å². The molecule has 1 heterocycles. The highest BCUT2D eigenvalue weighted by Crippen LogP contribution is 2.34. The molecule has 0 spiro atoms. The molecule has 1 aromatic heterocycles. The molecule has 0 atom stereocenters. The van der Waals surface area contributed by atoms with Crippen molar-refractivity contribution in [3.05, 3.63) is 59.5 Å². The Balaban J connectivity index is 1.60. The van der Waals surface area contributed by atoms with Crippen molar-refractivity contribution in [2.45, 2.75) is 83.2 Å². The zero-order valence-electron chi connectivity index (χ0n) is 22.2. The summed E-state index contributed by atoms with van der Waals surface area (Å²) in [5.41, 5.74) is 1.58. The third-order valence-corrected chi connectivity index (χ3v) is 8.80. The van der Waals surface area contributed by atoms with Crippen molar-refractivity contribution < 1.29 is 27.1 Å². The van der Waals surface area contributed by atoms with Crippen LogP contribution in [-0.2, 0) is 22.8 Å². The van der Waals surface area contributed by atoms with Crippen molar-refractivity contribution in [3.8, 4) is 0 Å². The van der Waals surface area contributed by atoms with Crippen LogP contribution in [0.3, 0.4) is 0 Å². The topological polar surface area (TPSA) is 47.4 Å². The van der Waals surface area contributed by atoms with Crippen LogP contribution in [0, 0.1) is 5.82 Å². The van der Waals surface area contributed by atoms with Crippen molar-refractivity contribution in [2.24, 2.45) is 0 Å². The minimum atomic E-state index is -5.16. The molecule has 3 aromatic rings. The van der Waals surface area contributed by atoms with Gasteiger partial charge in [-0.3, -0.25) is 9.69 Å². The maximum Gasteiger partial charge on any atom is 0.471 e. The van der Waals surface area contributed by atoms with E-state index in [0.29, 0.717) is 33.9 Å². The first-order chi connectivity index (χ1) is 17.9. The van der Waals surface area contributed by atoms with Crippen LogP contribution in [0.1, 0.15) is 49.1 Å². The van der Waals surface area contributed by atoms with Crippen LogP contribution in [0.5, 0.6) is 0 Å². The van der Waals surface area contributed by atoms with Crippen LogP contribution in [0.2, 0.25) is 25.7 Å². The van der Waals surface area contributed by atoms with Crippen LogP contribution in [-0.4, -0.2) is 36.5 Å². The van der Waals surface area contributed by atoms with E-state index >= 15 is 4.39 Å². The Hall–Kier alpha value is -2.72. The number of rotatable bonds is 9. The summed E-state index contributed by atoms with van der Waals surface area (Å²) in [5.74, 6) is -2.60. The predicted molar refractivity (Wildman–Crippen MR) is 143 cm³/mol. The average Bonchev–Trinajstić information content (AvgIpc) is 3.25. The lowest BCUT2D eigenvalue weighted by molar-refractivity contribution is -0.170. The van der Waals surface area contributed by atoms with Gasteiger partial charge in [-0.05, 0) is 48.1 Å². The van der Waals surface area contributed by atoms with Gasteiger partial charge in [0, 0.05) is 20.1 Å². The van der Waals surface area contributed by atoms with Crippen LogP contribution in [0.25, 0.3) is 10.9 Å². The van der Waals surface area contributed by atoms with E-state index in [0.717, 1.165) is 30.5 Å². The van der Waals surface area contributed by atoms with Gasteiger partial charge in [0.05, 0.1) is 23.9 Å². The van der Waals surface area contributed by atoms with E-state index in [1.807, 2.05) is 12.1 Å². The van der Waals surface area contributed by atoms with E-state index in [1.54, 1.807) is 12.1 Å². The second-order valence-corrected chi connectivity index (χ2v) is 16.9. The summed E-state index contributed by atoms with van der Waals surface area (Å²) in [6.45, 7) is 6.88.